The molecule has 1 N–H and O–H groups in total. The number of aromatic hydroxyl groups is 1. The fourth-order valence-electron chi connectivity index (χ4n) is 2.95. The van der Waals surface area contributed by atoms with Crippen molar-refractivity contribution in [2.24, 2.45) is 0 Å². The number of hydrogen-bond donors (Lipinski definition) is 1. The molecule has 0 spiro atoms. The predicted molar refractivity (Wildman–Crippen MR) is 80.4 cm³/mol. The predicted octanol–water partition coefficient (Wildman–Crippen LogP) is 2.74. The summed E-state index contributed by atoms with van der Waals surface area (Å²) in [4.78, 5) is 26.2. The maximum Gasteiger partial charge on any atom is 0.223 e. The molecule has 1 aliphatic rings. The third-order valence-corrected chi connectivity index (χ3v) is 4.11. The van der Waals surface area contributed by atoms with Crippen molar-refractivity contribution >= 4 is 22.5 Å². The van der Waals surface area contributed by atoms with Crippen molar-refractivity contribution in [1.29, 1.82) is 0 Å². The fraction of sp³-hybridized carbons (Fsp3) is 0.294. The van der Waals surface area contributed by atoms with Crippen LogP contribution in [-0.2, 0) is 4.79 Å². The van der Waals surface area contributed by atoms with E-state index >= 15 is 0 Å². The van der Waals surface area contributed by atoms with Crippen LogP contribution in [0.15, 0.2) is 36.4 Å². The molecule has 2 aromatic rings. The molecule has 1 heterocycles. The number of amides is 1. The SMILES string of the molecule is CC(C(=O)c1c(O)ccc2ccccc12)N1CCCC1=O. The van der Waals surface area contributed by atoms with Gasteiger partial charge in [0.2, 0.25) is 5.91 Å². The second-order valence-corrected chi connectivity index (χ2v) is 5.41. The van der Waals surface area contributed by atoms with Gasteiger partial charge in [-0.3, -0.25) is 9.59 Å². The van der Waals surface area contributed by atoms with E-state index in [2.05, 4.69) is 0 Å². The van der Waals surface area contributed by atoms with Crippen LogP contribution in [-0.4, -0.2) is 34.3 Å². The Morgan fingerprint density at radius 1 is 1.24 bits per heavy atom. The molecule has 1 saturated heterocycles. The summed E-state index contributed by atoms with van der Waals surface area (Å²) in [5, 5.41) is 11.7. The topological polar surface area (TPSA) is 57.6 Å². The van der Waals surface area contributed by atoms with Gasteiger partial charge in [0.15, 0.2) is 5.78 Å². The smallest absolute Gasteiger partial charge is 0.223 e. The average Bonchev–Trinajstić information content (AvgIpc) is 2.92. The number of likely N-dealkylation sites (tertiary alicyclic amines) is 1. The highest BCUT2D eigenvalue weighted by atomic mass is 16.3. The van der Waals surface area contributed by atoms with E-state index in [1.165, 1.54) is 6.07 Å². The quantitative estimate of drug-likeness (QED) is 0.881. The molecule has 3 rings (SSSR count). The minimum atomic E-state index is -0.545. The number of phenolic OH excluding ortho intramolecular Hbond substituents is 1. The average molecular weight is 283 g/mol. The lowest BCUT2D eigenvalue weighted by molar-refractivity contribution is -0.128. The first-order valence-electron chi connectivity index (χ1n) is 7.14. The number of rotatable bonds is 3. The van der Waals surface area contributed by atoms with E-state index in [-0.39, 0.29) is 17.4 Å². The van der Waals surface area contributed by atoms with E-state index in [1.54, 1.807) is 17.9 Å². The summed E-state index contributed by atoms with van der Waals surface area (Å²) in [6.45, 7) is 2.34. The number of fused-ring (bicyclic) bond motifs is 1. The van der Waals surface area contributed by atoms with Crippen molar-refractivity contribution in [1.82, 2.24) is 4.90 Å². The monoisotopic (exact) mass is 283 g/mol. The van der Waals surface area contributed by atoms with E-state index in [9.17, 15) is 14.7 Å². The minimum absolute atomic E-state index is 0.00979. The van der Waals surface area contributed by atoms with Crippen LogP contribution in [0, 0.1) is 0 Å². The molecular formula is C17H17NO3. The lowest BCUT2D eigenvalue weighted by Crippen LogP contribution is -2.39. The van der Waals surface area contributed by atoms with Gasteiger partial charge >= 0.3 is 0 Å². The molecule has 2 aromatic carbocycles. The largest absolute Gasteiger partial charge is 0.507 e. The number of nitrogens with zero attached hydrogens (tertiary/aromatic N) is 1. The van der Waals surface area contributed by atoms with E-state index in [0.29, 0.717) is 18.5 Å². The molecule has 1 aliphatic heterocycles. The number of ketones is 1. The van der Waals surface area contributed by atoms with Crippen LogP contribution < -0.4 is 0 Å². The van der Waals surface area contributed by atoms with E-state index in [4.69, 9.17) is 0 Å². The summed E-state index contributed by atoms with van der Waals surface area (Å²) in [6, 6.07) is 10.2. The van der Waals surface area contributed by atoms with Crippen LogP contribution in [0.25, 0.3) is 10.8 Å². The van der Waals surface area contributed by atoms with Gasteiger partial charge in [0.25, 0.3) is 0 Å². The first-order valence-corrected chi connectivity index (χ1v) is 7.14. The molecule has 1 atom stereocenters. The summed E-state index contributed by atoms with van der Waals surface area (Å²) in [5.74, 6) is -0.229. The zero-order valence-corrected chi connectivity index (χ0v) is 11.9. The highest BCUT2D eigenvalue weighted by Crippen LogP contribution is 2.29. The van der Waals surface area contributed by atoms with Crippen LogP contribution in [0.4, 0.5) is 0 Å². The Morgan fingerprint density at radius 3 is 2.71 bits per heavy atom. The van der Waals surface area contributed by atoms with Crippen molar-refractivity contribution < 1.29 is 14.7 Å². The summed E-state index contributed by atoms with van der Waals surface area (Å²) in [5.41, 5.74) is 0.306. The van der Waals surface area contributed by atoms with Gasteiger partial charge in [0.1, 0.15) is 5.75 Å². The molecule has 1 amide bonds. The van der Waals surface area contributed by atoms with Gasteiger partial charge in [-0.05, 0) is 30.2 Å². The molecule has 0 aliphatic carbocycles. The van der Waals surface area contributed by atoms with Gasteiger partial charge in [-0.25, -0.2) is 0 Å². The number of Topliss-reactive ketones (excluding diaryl/α,β-unsaturated/α-hetero) is 1. The zero-order chi connectivity index (χ0) is 15.0. The summed E-state index contributed by atoms with van der Waals surface area (Å²) < 4.78 is 0. The van der Waals surface area contributed by atoms with Gasteiger partial charge in [0, 0.05) is 13.0 Å². The molecule has 1 unspecified atom stereocenters. The number of benzene rings is 2. The van der Waals surface area contributed by atoms with Gasteiger partial charge in [-0.1, -0.05) is 30.3 Å². The second kappa shape index (κ2) is 5.20. The maximum absolute atomic E-state index is 12.8. The Labute approximate surface area is 123 Å². The van der Waals surface area contributed by atoms with E-state index in [1.807, 2.05) is 24.3 Å². The molecule has 0 bridgehead atoms. The highest BCUT2D eigenvalue weighted by Gasteiger charge is 2.31. The van der Waals surface area contributed by atoms with Crippen LogP contribution in [0.5, 0.6) is 5.75 Å². The molecule has 0 aromatic heterocycles. The van der Waals surface area contributed by atoms with Gasteiger partial charge in [-0.15, -0.1) is 0 Å². The number of hydrogen-bond acceptors (Lipinski definition) is 3. The number of carbonyl (C=O) groups excluding carboxylic acids is 2. The molecule has 0 radical (unpaired) electrons. The number of phenols is 1. The van der Waals surface area contributed by atoms with Gasteiger partial charge in [0.05, 0.1) is 11.6 Å². The summed E-state index contributed by atoms with van der Waals surface area (Å²) >= 11 is 0. The lowest BCUT2D eigenvalue weighted by Gasteiger charge is -2.23. The van der Waals surface area contributed by atoms with Gasteiger partial charge < -0.3 is 10.0 Å². The van der Waals surface area contributed by atoms with Gasteiger partial charge in [-0.2, -0.15) is 0 Å². The maximum atomic E-state index is 12.8. The summed E-state index contributed by atoms with van der Waals surface area (Å²) in [6.07, 6.45) is 1.29. The number of carbonyl (C=O) groups is 2. The molecule has 21 heavy (non-hydrogen) atoms. The Hall–Kier alpha value is -2.36. The Balaban J connectivity index is 2.05. The van der Waals surface area contributed by atoms with Crippen molar-refractivity contribution in [3.8, 4) is 5.75 Å². The first-order chi connectivity index (χ1) is 10.1. The van der Waals surface area contributed by atoms with Crippen molar-refractivity contribution in [2.45, 2.75) is 25.8 Å². The van der Waals surface area contributed by atoms with Crippen molar-refractivity contribution in [3.05, 3.63) is 42.0 Å². The third-order valence-electron chi connectivity index (χ3n) is 4.11. The fourth-order valence-corrected chi connectivity index (χ4v) is 2.95. The Kier molecular flexibility index (Phi) is 3.37. The lowest BCUT2D eigenvalue weighted by atomic mass is 9.96. The van der Waals surface area contributed by atoms with Crippen LogP contribution >= 0.6 is 0 Å². The third kappa shape index (κ3) is 2.27. The summed E-state index contributed by atoms with van der Waals surface area (Å²) in [7, 11) is 0. The normalized spacial score (nSPS) is 16.4. The molecule has 4 nitrogen and oxygen atoms in total. The van der Waals surface area contributed by atoms with Crippen molar-refractivity contribution in [2.75, 3.05) is 6.54 Å². The van der Waals surface area contributed by atoms with E-state index < -0.39 is 6.04 Å². The molecular weight excluding hydrogens is 266 g/mol. The first kappa shape index (κ1) is 13.6. The molecule has 0 saturated carbocycles. The zero-order valence-electron chi connectivity index (χ0n) is 11.9. The Morgan fingerprint density at radius 2 is 2.00 bits per heavy atom. The standard InChI is InChI=1S/C17H17NO3/c1-11(18-10-4-7-15(18)20)17(21)16-13-6-3-2-5-12(13)8-9-14(16)19/h2-3,5-6,8-9,11,19H,4,7,10H2,1H3. The van der Waals surface area contributed by atoms with Crippen LogP contribution in [0.1, 0.15) is 30.1 Å². The Bertz CT molecular complexity index is 723. The minimum Gasteiger partial charge on any atom is -0.507 e. The molecule has 108 valence electrons. The highest BCUT2D eigenvalue weighted by molar-refractivity contribution is 6.13. The molecule has 4 heteroatoms. The van der Waals surface area contributed by atoms with Crippen LogP contribution in [0.3, 0.4) is 0 Å². The molecule has 1 fully saturated rings. The van der Waals surface area contributed by atoms with Crippen molar-refractivity contribution in [3.63, 3.8) is 0 Å². The van der Waals surface area contributed by atoms with E-state index in [0.717, 1.165) is 17.2 Å². The van der Waals surface area contributed by atoms with Crippen LogP contribution in [0.2, 0.25) is 0 Å². The second-order valence-electron chi connectivity index (χ2n) is 5.41.